The summed E-state index contributed by atoms with van der Waals surface area (Å²) in [5.74, 6) is 0. The van der Waals surface area contributed by atoms with Gasteiger partial charge in [-0.3, -0.25) is 0 Å². The Hall–Kier alpha value is -1.21. The summed E-state index contributed by atoms with van der Waals surface area (Å²) in [6.45, 7) is 4.19. The number of hydrogen-bond acceptors (Lipinski definition) is 6. The van der Waals surface area contributed by atoms with E-state index in [1.54, 1.807) is 7.05 Å². The van der Waals surface area contributed by atoms with Crippen LogP contribution in [0.2, 0.25) is 0 Å². The molecule has 0 bridgehead atoms. The van der Waals surface area contributed by atoms with E-state index in [1.165, 1.54) is 4.68 Å². The quantitative estimate of drug-likeness (QED) is 0.691. The number of rotatable bonds is 3. The molecular formula is C8H15N5O2. The zero-order valence-electron chi connectivity index (χ0n) is 8.88. The molecule has 1 aliphatic rings. The number of morpholine rings is 1. The number of hydrogen-bond donors (Lipinski definition) is 1. The van der Waals surface area contributed by atoms with E-state index in [9.17, 15) is 0 Å². The SMILES string of the molecule is CC1CNCC(COc2nnnn2C)O1. The Labute approximate surface area is 87.7 Å². The van der Waals surface area contributed by atoms with Crippen molar-refractivity contribution in [2.45, 2.75) is 19.1 Å². The molecule has 7 nitrogen and oxygen atoms in total. The van der Waals surface area contributed by atoms with E-state index in [0.717, 1.165) is 13.1 Å². The highest BCUT2D eigenvalue weighted by Crippen LogP contribution is 2.06. The van der Waals surface area contributed by atoms with E-state index in [2.05, 4.69) is 20.8 Å². The third kappa shape index (κ3) is 2.63. The molecule has 1 saturated heterocycles. The minimum atomic E-state index is 0.0606. The molecule has 84 valence electrons. The van der Waals surface area contributed by atoms with Gasteiger partial charge < -0.3 is 14.8 Å². The summed E-state index contributed by atoms with van der Waals surface area (Å²) in [4.78, 5) is 0. The Morgan fingerprint density at radius 2 is 2.47 bits per heavy atom. The fourth-order valence-electron chi connectivity index (χ4n) is 1.48. The smallest absolute Gasteiger partial charge is 0.335 e. The highest BCUT2D eigenvalue weighted by atomic mass is 16.5. The lowest BCUT2D eigenvalue weighted by Crippen LogP contribution is -2.46. The summed E-state index contributed by atoms with van der Waals surface area (Å²) in [6.07, 6.45) is 0.287. The van der Waals surface area contributed by atoms with Crippen LogP contribution in [0.4, 0.5) is 0 Å². The Morgan fingerprint density at radius 1 is 1.60 bits per heavy atom. The van der Waals surface area contributed by atoms with Gasteiger partial charge in [0.05, 0.1) is 6.10 Å². The second-order valence-electron chi connectivity index (χ2n) is 3.62. The second kappa shape index (κ2) is 4.54. The van der Waals surface area contributed by atoms with Gasteiger partial charge in [0.25, 0.3) is 0 Å². The van der Waals surface area contributed by atoms with Crippen LogP contribution in [0.25, 0.3) is 0 Å². The molecule has 7 heteroatoms. The Kier molecular flexibility index (Phi) is 3.12. The molecule has 2 unspecified atom stereocenters. The molecular weight excluding hydrogens is 198 g/mol. The van der Waals surface area contributed by atoms with E-state index in [-0.39, 0.29) is 12.2 Å². The first-order valence-electron chi connectivity index (χ1n) is 4.97. The predicted molar refractivity (Wildman–Crippen MR) is 51.5 cm³/mol. The molecule has 0 saturated carbocycles. The van der Waals surface area contributed by atoms with Gasteiger partial charge in [-0.15, -0.1) is 0 Å². The number of tetrazole rings is 1. The molecule has 0 radical (unpaired) electrons. The third-order valence-electron chi connectivity index (χ3n) is 2.21. The summed E-state index contributed by atoms with van der Waals surface area (Å²) in [5.41, 5.74) is 0. The zero-order valence-corrected chi connectivity index (χ0v) is 8.88. The molecule has 0 aliphatic carbocycles. The molecule has 1 fully saturated rings. The molecule has 0 amide bonds. The van der Waals surface area contributed by atoms with Gasteiger partial charge in [-0.25, -0.2) is 0 Å². The number of nitrogens with zero attached hydrogens (tertiary/aromatic N) is 4. The topological polar surface area (TPSA) is 74.1 Å². The van der Waals surface area contributed by atoms with Crippen LogP contribution in [0.1, 0.15) is 6.92 Å². The second-order valence-corrected chi connectivity index (χ2v) is 3.62. The van der Waals surface area contributed by atoms with Crippen LogP contribution in [-0.2, 0) is 11.8 Å². The maximum Gasteiger partial charge on any atom is 0.335 e. The highest BCUT2D eigenvalue weighted by molar-refractivity contribution is 4.86. The minimum Gasteiger partial charge on any atom is -0.460 e. The van der Waals surface area contributed by atoms with E-state index in [0.29, 0.717) is 12.6 Å². The van der Waals surface area contributed by atoms with Gasteiger partial charge >= 0.3 is 6.01 Å². The van der Waals surface area contributed by atoms with Crippen LogP contribution >= 0.6 is 0 Å². The van der Waals surface area contributed by atoms with Gasteiger partial charge in [0.15, 0.2) is 0 Å². The molecule has 2 heterocycles. The number of ether oxygens (including phenoxy) is 2. The van der Waals surface area contributed by atoms with Crippen LogP contribution in [0, 0.1) is 0 Å². The van der Waals surface area contributed by atoms with E-state index < -0.39 is 0 Å². The van der Waals surface area contributed by atoms with E-state index in [1.807, 2.05) is 6.92 Å². The normalized spacial score (nSPS) is 26.5. The average Bonchev–Trinajstić information content (AvgIpc) is 2.61. The molecule has 15 heavy (non-hydrogen) atoms. The fraction of sp³-hybridized carbons (Fsp3) is 0.875. The van der Waals surface area contributed by atoms with Crippen molar-refractivity contribution in [1.82, 2.24) is 25.5 Å². The predicted octanol–water partition coefficient (Wildman–Crippen LogP) is -1.03. The van der Waals surface area contributed by atoms with Gasteiger partial charge in [0.1, 0.15) is 12.7 Å². The Morgan fingerprint density at radius 3 is 3.13 bits per heavy atom. The first-order valence-corrected chi connectivity index (χ1v) is 4.97. The van der Waals surface area contributed by atoms with Crippen molar-refractivity contribution in [2.75, 3.05) is 19.7 Å². The molecule has 1 aromatic heterocycles. The average molecular weight is 213 g/mol. The lowest BCUT2D eigenvalue weighted by molar-refractivity contribution is -0.0488. The van der Waals surface area contributed by atoms with Gasteiger partial charge in [-0.1, -0.05) is 5.10 Å². The van der Waals surface area contributed by atoms with Crippen LogP contribution in [0.15, 0.2) is 0 Å². The lowest BCUT2D eigenvalue weighted by atomic mass is 10.2. The van der Waals surface area contributed by atoms with Crippen molar-refractivity contribution >= 4 is 0 Å². The molecule has 2 rings (SSSR count). The largest absolute Gasteiger partial charge is 0.460 e. The maximum atomic E-state index is 5.66. The first-order chi connectivity index (χ1) is 7.25. The third-order valence-corrected chi connectivity index (χ3v) is 2.21. The maximum absolute atomic E-state index is 5.66. The Balaban J connectivity index is 1.80. The molecule has 0 spiro atoms. The van der Waals surface area contributed by atoms with Gasteiger partial charge in [0, 0.05) is 20.1 Å². The van der Waals surface area contributed by atoms with Crippen molar-refractivity contribution in [3.63, 3.8) is 0 Å². The number of nitrogens with one attached hydrogen (secondary N) is 1. The molecule has 2 atom stereocenters. The molecule has 1 aliphatic heterocycles. The molecule has 1 aromatic rings. The van der Waals surface area contributed by atoms with Crippen molar-refractivity contribution < 1.29 is 9.47 Å². The summed E-state index contributed by atoms with van der Waals surface area (Å²) < 4.78 is 12.6. The fourth-order valence-corrected chi connectivity index (χ4v) is 1.48. The van der Waals surface area contributed by atoms with Crippen molar-refractivity contribution in [2.24, 2.45) is 7.05 Å². The summed E-state index contributed by atoms with van der Waals surface area (Å²) >= 11 is 0. The van der Waals surface area contributed by atoms with E-state index >= 15 is 0 Å². The van der Waals surface area contributed by atoms with E-state index in [4.69, 9.17) is 9.47 Å². The summed E-state index contributed by atoms with van der Waals surface area (Å²) in [7, 11) is 1.73. The monoisotopic (exact) mass is 213 g/mol. The van der Waals surface area contributed by atoms with Gasteiger partial charge in [0.2, 0.25) is 0 Å². The summed E-state index contributed by atoms with van der Waals surface area (Å²) in [6, 6.07) is 0.414. The summed E-state index contributed by atoms with van der Waals surface area (Å²) in [5, 5.41) is 14.1. The number of aryl methyl sites for hydroxylation is 1. The van der Waals surface area contributed by atoms with Crippen LogP contribution in [0.5, 0.6) is 6.01 Å². The van der Waals surface area contributed by atoms with Crippen molar-refractivity contribution in [3.8, 4) is 6.01 Å². The molecule has 0 aromatic carbocycles. The zero-order chi connectivity index (χ0) is 10.7. The van der Waals surface area contributed by atoms with Gasteiger partial charge in [-0.2, -0.15) is 4.68 Å². The van der Waals surface area contributed by atoms with Crippen LogP contribution in [0.3, 0.4) is 0 Å². The standard InChI is InChI=1S/C8H15N5O2/c1-6-3-9-4-7(15-6)5-14-8-10-11-12-13(8)2/h6-7,9H,3-5H2,1-2H3. The van der Waals surface area contributed by atoms with Crippen molar-refractivity contribution in [1.29, 1.82) is 0 Å². The van der Waals surface area contributed by atoms with Crippen LogP contribution in [-0.4, -0.2) is 52.1 Å². The Bertz CT molecular complexity index is 316. The van der Waals surface area contributed by atoms with Crippen molar-refractivity contribution in [3.05, 3.63) is 0 Å². The van der Waals surface area contributed by atoms with Gasteiger partial charge in [-0.05, 0) is 17.4 Å². The van der Waals surface area contributed by atoms with Crippen LogP contribution < -0.4 is 10.1 Å². The first kappa shape index (κ1) is 10.3. The highest BCUT2D eigenvalue weighted by Gasteiger charge is 2.19. The number of aromatic nitrogens is 4. The minimum absolute atomic E-state index is 0.0606. The lowest BCUT2D eigenvalue weighted by Gasteiger charge is -2.28. The molecule has 1 N–H and O–H groups in total.